The number of rotatable bonds is 6. The average molecular weight is 379 g/mol. The van der Waals surface area contributed by atoms with Gasteiger partial charge in [-0.15, -0.1) is 0 Å². The van der Waals surface area contributed by atoms with Crippen molar-refractivity contribution >= 4 is 5.91 Å². The molecule has 148 valence electrons. The second-order valence-corrected chi connectivity index (χ2v) is 8.41. The molecule has 0 unspecified atom stereocenters. The van der Waals surface area contributed by atoms with E-state index in [1.54, 1.807) is 0 Å². The number of fused-ring (bicyclic) bond motifs is 1. The molecule has 1 aliphatic carbocycles. The summed E-state index contributed by atoms with van der Waals surface area (Å²) in [7, 11) is 0. The van der Waals surface area contributed by atoms with Crippen molar-refractivity contribution in [3.63, 3.8) is 0 Å². The van der Waals surface area contributed by atoms with Gasteiger partial charge in [0, 0.05) is 12.1 Å². The summed E-state index contributed by atoms with van der Waals surface area (Å²) in [5.41, 5.74) is 5.89. The normalized spacial score (nSPS) is 17.6. The van der Waals surface area contributed by atoms with Gasteiger partial charge in [0.2, 0.25) is 5.91 Å². The molecule has 0 aliphatic heterocycles. The van der Waals surface area contributed by atoms with Crippen molar-refractivity contribution in [2.24, 2.45) is 0 Å². The Hall–Kier alpha value is -2.61. The fourth-order valence-electron chi connectivity index (χ4n) is 4.34. The summed E-state index contributed by atoms with van der Waals surface area (Å²) < 4.78 is 1.88. The lowest BCUT2D eigenvalue weighted by atomic mass is 9.71. The number of nitrogens with one attached hydrogen (secondary N) is 1. The number of nitrogens with zero attached hydrogens (tertiary/aromatic N) is 3. The number of amides is 1. The molecule has 1 aliphatic rings. The minimum Gasteiger partial charge on any atom is -0.349 e. The van der Waals surface area contributed by atoms with Gasteiger partial charge in [0.05, 0.1) is 30.8 Å². The van der Waals surface area contributed by atoms with Crippen molar-refractivity contribution in [1.29, 1.82) is 5.26 Å². The molecule has 28 heavy (non-hydrogen) atoms. The van der Waals surface area contributed by atoms with Crippen LogP contribution in [0.5, 0.6) is 0 Å². The maximum absolute atomic E-state index is 12.7. The number of hydrogen-bond acceptors (Lipinski definition) is 3. The zero-order valence-electron chi connectivity index (χ0n) is 17.4. The van der Waals surface area contributed by atoms with Gasteiger partial charge in [0.25, 0.3) is 0 Å². The second kappa shape index (κ2) is 8.18. The van der Waals surface area contributed by atoms with Crippen LogP contribution in [0.4, 0.5) is 0 Å². The van der Waals surface area contributed by atoms with E-state index >= 15 is 0 Å². The molecule has 5 nitrogen and oxygen atoms in total. The zero-order chi connectivity index (χ0) is 20.3. The highest BCUT2D eigenvalue weighted by atomic mass is 16.1. The molecule has 1 N–H and O–H groups in total. The number of nitriles is 1. The van der Waals surface area contributed by atoms with Gasteiger partial charge in [-0.25, -0.2) is 0 Å². The molecule has 2 aromatic rings. The summed E-state index contributed by atoms with van der Waals surface area (Å²) >= 11 is 0. The lowest BCUT2D eigenvalue weighted by Crippen LogP contribution is -2.35. The number of hydrogen-bond donors (Lipinski definition) is 1. The summed E-state index contributed by atoms with van der Waals surface area (Å²) in [6, 6.07) is 10.7. The summed E-state index contributed by atoms with van der Waals surface area (Å²) in [5.74, 6) is 0.0862. The van der Waals surface area contributed by atoms with E-state index in [9.17, 15) is 4.79 Å². The molecule has 1 aromatic carbocycles. The minimum absolute atomic E-state index is 0.0862. The molecule has 0 bridgehead atoms. The monoisotopic (exact) mass is 378 g/mol. The Bertz CT molecular complexity index is 904. The first kappa shape index (κ1) is 20.1. The Morgan fingerprint density at radius 1 is 1.36 bits per heavy atom. The molecule has 0 saturated carbocycles. The predicted octanol–water partition coefficient (Wildman–Crippen LogP) is 4.28. The molecule has 0 saturated heterocycles. The zero-order valence-corrected chi connectivity index (χ0v) is 17.4. The van der Waals surface area contributed by atoms with Gasteiger partial charge in [-0.1, -0.05) is 38.1 Å². The Morgan fingerprint density at radius 2 is 2.11 bits per heavy atom. The standard InChI is InChI=1S/C23H30N4O/c1-16-18(17(2)27(26-16)15-7-14-24)10-11-22(28)25-21-12-13-23(3,4)20-9-6-5-8-19(20)21/h5-6,8-9,21H,7,10-13,15H2,1-4H3,(H,25,28)/t21-/m1/s1. The predicted molar refractivity (Wildman–Crippen MR) is 110 cm³/mol. The van der Waals surface area contributed by atoms with E-state index in [4.69, 9.17) is 5.26 Å². The van der Waals surface area contributed by atoms with E-state index in [2.05, 4.69) is 54.6 Å². The van der Waals surface area contributed by atoms with E-state index in [1.165, 1.54) is 11.1 Å². The van der Waals surface area contributed by atoms with E-state index in [1.807, 2.05) is 18.5 Å². The Morgan fingerprint density at radius 3 is 2.86 bits per heavy atom. The molecule has 0 spiro atoms. The van der Waals surface area contributed by atoms with Gasteiger partial charge in [-0.05, 0) is 55.2 Å². The number of benzene rings is 1. The first-order chi connectivity index (χ1) is 13.3. The van der Waals surface area contributed by atoms with Crippen LogP contribution >= 0.6 is 0 Å². The third-order valence-corrected chi connectivity index (χ3v) is 6.03. The number of aromatic nitrogens is 2. The van der Waals surface area contributed by atoms with Crippen LogP contribution in [0.25, 0.3) is 0 Å². The fourth-order valence-corrected chi connectivity index (χ4v) is 4.34. The molecule has 1 amide bonds. The topological polar surface area (TPSA) is 70.7 Å². The van der Waals surface area contributed by atoms with Crippen molar-refractivity contribution < 1.29 is 4.79 Å². The van der Waals surface area contributed by atoms with Gasteiger partial charge >= 0.3 is 0 Å². The van der Waals surface area contributed by atoms with Crippen molar-refractivity contribution in [2.75, 3.05) is 0 Å². The lowest BCUT2D eigenvalue weighted by Gasteiger charge is -2.37. The fraction of sp³-hybridized carbons (Fsp3) is 0.522. The maximum Gasteiger partial charge on any atom is 0.220 e. The van der Waals surface area contributed by atoms with Crippen LogP contribution in [0.1, 0.15) is 73.7 Å². The summed E-state index contributed by atoms with van der Waals surface area (Å²) in [6.45, 7) is 9.15. The highest BCUT2D eigenvalue weighted by Crippen LogP contribution is 2.41. The molecule has 0 fully saturated rings. The van der Waals surface area contributed by atoms with Crippen LogP contribution in [0.3, 0.4) is 0 Å². The molecule has 1 heterocycles. The summed E-state index contributed by atoms with van der Waals surface area (Å²) in [5, 5.41) is 16.6. The molecule has 1 aromatic heterocycles. The SMILES string of the molecule is Cc1nn(CCC#N)c(C)c1CCC(=O)N[C@@H]1CCC(C)(C)c2ccccc21. The number of carbonyl (C=O) groups is 1. The van der Waals surface area contributed by atoms with Crippen LogP contribution in [-0.4, -0.2) is 15.7 Å². The highest BCUT2D eigenvalue weighted by Gasteiger charge is 2.32. The van der Waals surface area contributed by atoms with Gasteiger partial charge in [-0.3, -0.25) is 9.48 Å². The van der Waals surface area contributed by atoms with E-state index < -0.39 is 0 Å². The second-order valence-electron chi connectivity index (χ2n) is 8.41. The third kappa shape index (κ3) is 4.11. The maximum atomic E-state index is 12.7. The van der Waals surface area contributed by atoms with Gasteiger partial charge in [-0.2, -0.15) is 10.4 Å². The first-order valence-electron chi connectivity index (χ1n) is 10.1. The quantitative estimate of drug-likeness (QED) is 0.816. The van der Waals surface area contributed by atoms with Gasteiger partial charge in [0.1, 0.15) is 0 Å². The summed E-state index contributed by atoms with van der Waals surface area (Å²) in [4.78, 5) is 12.7. The third-order valence-electron chi connectivity index (χ3n) is 6.03. The Balaban J connectivity index is 1.65. The van der Waals surface area contributed by atoms with Crippen molar-refractivity contribution in [2.45, 2.75) is 77.8 Å². The van der Waals surface area contributed by atoms with Crippen LogP contribution in [0.2, 0.25) is 0 Å². The molecular formula is C23H30N4O. The van der Waals surface area contributed by atoms with Crippen LogP contribution < -0.4 is 5.32 Å². The van der Waals surface area contributed by atoms with Gasteiger partial charge in [0.15, 0.2) is 0 Å². The smallest absolute Gasteiger partial charge is 0.220 e. The largest absolute Gasteiger partial charge is 0.349 e. The average Bonchev–Trinajstić information content (AvgIpc) is 2.94. The summed E-state index contributed by atoms with van der Waals surface area (Å²) in [6.07, 6.45) is 3.61. The molecule has 3 rings (SSSR count). The van der Waals surface area contributed by atoms with E-state index in [0.29, 0.717) is 25.8 Å². The highest BCUT2D eigenvalue weighted by molar-refractivity contribution is 5.77. The van der Waals surface area contributed by atoms with Crippen molar-refractivity contribution in [1.82, 2.24) is 15.1 Å². The molecular weight excluding hydrogens is 348 g/mol. The number of carbonyl (C=O) groups excluding carboxylic acids is 1. The molecule has 0 radical (unpaired) electrons. The van der Waals surface area contributed by atoms with Crippen LogP contribution in [0.15, 0.2) is 24.3 Å². The van der Waals surface area contributed by atoms with Crippen molar-refractivity contribution in [3.05, 3.63) is 52.3 Å². The van der Waals surface area contributed by atoms with Gasteiger partial charge < -0.3 is 5.32 Å². The van der Waals surface area contributed by atoms with Crippen LogP contribution in [0, 0.1) is 25.2 Å². The van der Waals surface area contributed by atoms with Crippen molar-refractivity contribution in [3.8, 4) is 6.07 Å². The van der Waals surface area contributed by atoms with E-state index in [0.717, 1.165) is 29.8 Å². The molecule has 5 heteroatoms. The Labute approximate surface area is 167 Å². The Kier molecular flexibility index (Phi) is 5.88. The van der Waals surface area contributed by atoms with Crippen LogP contribution in [-0.2, 0) is 23.2 Å². The molecule has 1 atom stereocenters. The lowest BCUT2D eigenvalue weighted by molar-refractivity contribution is -0.122. The first-order valence-corrected chi connectivity index (χ1v) is 10.1. The number of aryl methyl sites for hydroxylation is 2. The van der Waals surface area contributed by atoms with E-state index in [-0.39, 0.29) is 17.4 Å². The minimum atomic E-state index is 0.0862.